The van der Waals surface area contributed by atoms with Gasteiger partial charge in [0.05, 0.1) is 21.1 Å². The fourth-order valence-electron chi connectivity index (χ4n) is 3.00. The van der Waals surface area contributed by atoms with Crippen LogP contribution >= 0.6 is 51.3 Å². The van der Waals surface area contributed by atoms with Crippen molar-refractivity contribution >= 4 is 74.4 Å². The highest BCUT2D eigenvalue weighted by atomic mass is 79.9. The largest absolute Gasteiger partial charge is 0.490 e. The first kappa shape index (κ1) is 24.5. The first-order valence-corrected chi connectivity index (χ1v) is 11.4. The van der Waals surface area contributed by atoms with Crippen LogP contribution in [0.3, 0.4) is 0 Å². The molecule has 1 aliphatic heterocycles. The van der Waals surface area contributed by atoms with Gasteiger partial charge in [-0.3, -0.25) is 19.4 Å². The maximum atomic E-state index is 12.6. The summed E-state index contributed by atoms with van der Waals surface area (Å²) in [7, 11) is 3.06. The van der Waals surface area contributed by atoms with Gasteiger partial charge >= 0.3 is 0 Å². The summed E-state index contributed by atoms with van der Waals surface area (Å²) < 4.78 is 12.3. The monoisotopic (exact) mass is 556 g/mol. The lowest BCUT2D eigenvalue weighted by Gasteiger charge is -2.31. The molecule has 1 aliphatic rings. The van der Waals surface area contributed by atoms with E-state index < -0.39 is 11.8 Å². The van der Waals surface area contributed by atoms with Gasteiger partial charge in [-0.25, -0.2) is 0 Å². The van der Waals surface area contributed by atoms with Gasteiger partial charge in [-0.1, -0.05) is 29.3 Å². The topological polar surface area (TPSA) is 59.1 Å². The number of halogens is 3. The molecule has 32 heavy (non-hydrogen) atoms. The molecule has 1 heterocycles. The molecular weight excluding hydrogens is 539 g/mol. The molecular formula is C22H19BrCl2N2O4S. The molecule has 2 aromatic carbocycles. The van der Waals surface area contributed by atoms with Crippen molar-refractivity contribution in [2.75, 3.05) is 20.7 Å². The van der Waals surface area contributed by atoms with Gasteiger partial charge < -0.3 is 9.47 Å². The van der Waals surface area contributed by atoms with Crippen LogP contribution in [0.4, 0.5) is 0 Å². The lowest BCUT2D eigenvalue weighted by molar-refractivity contribution is -0.132. The Morgan fingerprint density at radius 1 is 1.03 bits per heavy atom. The van der Waals surface area contributed by atoms with Crippen molar-refractivity contribution in [2.24, 2.45) is 0 Å². The second-order valence-electron chi connectivity index (χ2n) is 6.87. The van der Waals surface area contributed by atoms with Crippen LogP contribution in [0, 0.1) is 0 Å². The Bertz CT molecular complexity index is 1110. The van der Waals surface area contributed by atoms with E-state index in [1.165, 1.54) is 30.0 Å². The normalized spacial score (nSPS) is 14.2. The SMILES string of the molecule is CCOc1cc(C=C2C(=O)N(C)C(=S)N(C)C2=O)cc(Br)c1OCc1ccc(Cl)c(Cl)c1. The second kappa shape index (κ2) is 10.2. The zero-order chi connectivity index (χ0) is 23.6. The van der Waals surface area contributed by atoms with Crippen LogP contribution < -0.4 is 9.47 Å². The van der Waals surface area contributed by atoms with Gasteiger partial charge in [-0.05, 0) is 76.5 Å². The van der Waals surface area contributed by atoms with Gasteiger partial charge in [-0.2, -0.15) is 0 Å². The number of carbonyl (C=O) groups excluding carboxylic acids is 2. The first-order chi connectivity index (χ1) is 15.1. The number of amides is 2. The fourth-order valence-corrected chi connectivity index (χ4v) is 4.06. The highest BCUT2D eigenvalue weighted by molar-refractivity contribution is 9.10. The molecule has 6 nitrogen and oxygen atoms in total. The number of ether oxygens (including phenoxy) is 2. The average molecular weight is 558 g/mol. The number of likely N-dealkylation sites (N-methyl/N-ethyl adjacent to an activating group) is 2. The first-order valence-electron chi connectivity index (χ1n) is 9.48. The van der Waals surface area contributed by atoms with Crippen LogP contribution in [0.15, 0.2) is 40.4 Å². The summed E-state index contributed by atoms with van der Waals surface area (Å²) in [6, 6.07) is 8.70. The summed E-state index contributed by atoms with van der Waals surface area (Å²) in [4.78, 5) is 27.7. The molecule has 3 rings (SSSR count). The third-order valence-corrected chi connectivity index (χ3v) is 6.53. The molecule has 0 spiro atoms. The van der Waals surface area contributed by atoms with Crippen LogP contribution in [-0.4, -0.2) is 47.4 Å². The third-order valence-electron chi connectivity index (χ3n) is 4.65. The Balaban J connectivity index is 1.93. The van der Waals surface area contributed by atoms with E-state index >= 15 is 0 Å². The van der Waals surface area contributed by atoms with Crippen molar-refractivity contribution in [1.82, 2.24) is 9.80 Å². The zero-order valence-corrected chi connectivity index (χ0v) is 21.4. The van der Waals surface area contributed by atoms with Gasteiger partial charge in [0.1, 0.15) is 12.2 Å². The smallest absolute Gasteiger partial charge is 0.265 e. The number of thiocarbonyl (C=S) groups is 1. The molecule has 0 saturated carbocycles. The predicted molar refractivity (Wildman–Crippen MR) is 132 cm³/mol. The van der Waals surface area contributed by atoms with E-state index in [4.69, 9.17) is 44.9 Å². The maximum Gasteiger partial charge on any atom is 0.265 e. The van der Waals surface area contributed by atoms with Gasteiger partial charge in [-0.15, -0.1) is 0 Å². The van der Waals surface area contributed by atoms with E-state index in [-0.39, 0.29) is 17.3 Å². The molecule has 1 fully saturated rings. The molecule has 0 radical (unpaired) electrons. The van der Waals surface area contributed by atoms with E-state index in [0.29, 0.717) is 38.2 Å². The quantitative estimate of drug-likeness (QED) is 0.273. The van der Waals surface area contributed by atoms with Gasteiger partial charge in [0.15, 0.2) is 16.6 Å². The Morgan fingerprint density at radius 3 is 2.28 bits per heavy atom. The molecule has 0 bridgehead atoms. The average Bonchev–Trinajstić information content (AvgIpc) is 2.76. The predicted octanol–water partition coefficient (Wildman–Crippen LogP) is 5.33. The second-order valence-corrected chi connectivity index (χ2v) is 8.90. The Hall–Kier alpha value is -2.13. The lowest BCUT2D eigenvalue weighted by Crippen LogP contribution is -2.52. The molecule has 0 aliphatic carbocycles. The van der Waals surface area contributed by atoms with E-state index in [2.05, 4.69) is 15.9 Å². The maximum absolute atomic E-state index is 12.6. The summed E-state index contributed by atoms with van der Waals surface area (Å²) in [5.74, 6) is 0.0118. The minimum atomic E-state index is -0.466. The van der Waals surface area contributed by atoms with Crippen LogP contribution in [-0.2, 0) is 16.2 Å². The van der Waals surface area contributed by atoms with Crippen LogP contribution in [0.25, 0.3) is 6.08 Å². The van der Waals surface area contributed by atoms with Gasteiger partial charge in [0.2, 0.25) is 0 Å². The number of rotatable bonds is 6. The van der Waals surface area contributed by atoms with E-state index in [9.17, 15) is 9.59 Å². The summed E-state index contributed by atoms with van der Waals surface area (Å²) in [5, 5.41) is 1.06. The van der Waals surface area contributed by atoms with Crippen molar-refractivity contribution < 1.29 is 19.1 Å². The fraction of sp³-hybridized carbons (Fsp3) is 0.227. The standard InChI is InChI=1S/C22H19BrCl2N2O4S/c1-4-30-18-10-13(7-14-20(28)26(2)22(32)27(3)21(14)29)8-15(23)19(18)31-11-12-5-6-16(24)17(25)9-12/h5-10H,4,11H2,1-3H3. The van der Waals surface area contributed by atoms with E-state index in [0.717, 1.165) is 5.56 Å². The molecule has 2 amide bonds. The summed E-state index contributed by atoms with van der Waals surface area (Å²) in [6.45, 7) is 2.48. The molecule has 0 N–H and O–H groups in total. The Kier molecular flexibility index (Phi) is 7.82. The van der Waals surface area contributed by atoms with Crippen molar-refractivity contribution in [1.29, 1.82) is 0 Å². The molecule has 0 aromatic heterocycles. The number of hydrogen-bond donors (Lipinski definition) is 0. The Labute approximate surface area is 209 Å². The Morgan fingerprint density at radius 2 is 1.69 bits per heavy atom. The minimum absolute atomic E-state index is 0.00224. The summed E-state index contributed by atoms with van der Waals surface area (Å²) in [6.07, 6.45) is 1.51. The van der Waals surface area contributed by atoms with Crippen molar-refractivity contribution in [3.8, 4) is 11.5 Å². The van der Waals surface area contributed by atoms with Crippen LogP contribution in [0.1, 0.15) is 18.1 Å². The molecule has 10 heteroatoms. The van der Waals surface area contributed by atoms with Gasteiger partial charge in [0, 0.05) is 14.1 Å². The van der Waals surface area contributed by atoms with Crippen molar-refractivity contribution in [2.45, 2.75) is 13.5 Å². The number of carbonyl (C=O) groups is 2. The van der Waals surface area contributed by atoms with Crippen molar-refractivity contribution in [3.05, 3.63) is 61.5 Å². The summed E-state index contributed by atoms with van der Waals surface area (Å²) in [5.41, 5.74) is 1.43. The van der Waals surface area contributed by atoms with Crippen LogP contribution in [0.2, 0.25) is 10.0 Å². The highest BCUT2D eigenvalue weighted by Gasteiger charge is 2.35. The molecule has 0 atom stereocenters. The number of hydrogen-bond acceptors (Lipinski definition) is 5. The molecule has 1 saturated heterocycles. The van der Waals surface area contributed by atoms with Crippen LogP contribution in [0.5, 0.6) is 11.5 Å². The highest BCUT2D eigenvalue weighted by Crippen LogP contribution is 2.38. The van der Waals surface area contributed by atoms with E-state index in [1.54, 1.807) is 24.3 Å². The molecule has 168 valence electrons. The van der Waals surface area contributed by atoms with Crippen molar-refractivity contribution in [3.63, 3.8) is 0 Å². The zero-order valence-electron chi connectivity index (χ0n) is 17.4. The number of benzene rings is 2. The summed E-state index contributed by atoms with van der Waals surface area (Å²) >= 11 is 20.7. The number of nitrogens with zero attached hydrogens (tertiary/aromatic N) is 2. The minimum Gasteiger partial charge on any atom is -0.490 e. The lowest BCUT2D eigenvalue weighted by atomic mass is 10.1. The molecule has 2 aromatic rings. The van der Waals surface area contributed by atoms with E-state index in [1.807, 2.05) is 13.0 Å². The molecule has 0 unspecified atom stereocenters. The third kappa shape index (κ3) is 5.09. The van der Waals surface area contributed by atoms with Gasteiger partial charge in [0.25, 0.3) is 11.8 Å².